The van der Waals surface area contributed by atoms with Crippen LogP contribution in [0.25, 0.3) is 6.08 Å². The van der Waals surface area contributed by atoms with E-state index in [1.54, 1.807) is 6.08 Å². The first-order valence-electron chi connectivity index (χ1n) is 7.12. The summed E-state index contributed by atoms with van der Waals surface area (Å²) in [4.78, 5) is 14.3. The van der Waals surface area contributed by atoms with Crippen molar-refractivity contribution in [2.75, 3.05) is 11.9 Å². The highest BCUT2D eigenvalue weighted by Crippen LogP contribution is 2.21. The summed E-state index contributed by atoms with van der Waals surface area (Å²) in [5.41, 5.74) is 4.31. The van der Waals surface area contributed by atoms with Crippen LogP contribution in [0.5, 0.6) is 0 Å². The lowest BCUT2D eigenvalue weighted by atomic mass is 10.0. The molecule has 3 nitrogen and oxygen atoms in total. The summed E-state index contributed by atoms with van der Waals surface area (Å²) in [6.45, 7) is 5.19. The highest BCUT2D eigenvalue weighted by atomic mass is 16.2. The largest absolute Gasteiger partial charge is 0.322 e. The smallest absolute Gasteiger partial charge is 0.320 e. The topological polar surface area (TPSA) is 32.3 Å². The number of para-hydroxylation sites is 1. The van der Waals surface area contributed by atoms with Crippen molar-refractivity contribution in [2.45, 2.75) is 13.0 Å². The molecule has 1 N–H and O–H groups in total. The van der Waals surface area contributed by atoms with Crippen LogP contribution in [-0.2, 0) is 13.0 Å². The Morgan fingerprint density at radius 3 is 2.62 bits per heavy atom. The first kappa shape index (κ1) is 13.4. The number of carbonyl (C=O) groups excluding carboxylic acids is 1. The summed E-state index contributed by atoms with van der Waals surface area (Å²) in [6, 6.07) is 15.9. The van der Waals surface area contributed by atoms with E-state index >= 15 is 0 Å². The molecule has 2 aromatic carbocycles. The second kappa shape index (κ2) is 5.83. The lowest BCUT2D eigenvalue weighted by Gasteiger charge is -2.29. The highest BCUT2D eigenvalue weighted by Gasteiger charge is 2.20. The van der Waals surface area contributed by atoms with Crippen LogP contribution in [0, 0.1) is 0 Å². The van der Waals surface area contributed by atoms with Gasteiger partial charge in [0.05, 0.1) is 0 Å². The Labute approximate surface area is 124 Å². The van der Waals surface area contributed by atoms with Crippen LogP contribution in [-0.4, -0.2) is 17.5 Å². The molecular weight excluding hydrogens is 260 g/mol. The Morgan fingerprint density at radius 2 is 1.81 bits per heavy atom. The van der Waals surface area contributed by atoms with Gasteiger partial charge in [-0.15, -0.1) is 0 Å². The SMILES string of the molecule is C=Cc1ccccc1NC(=O)N1CCc2ccccc2C1. The van der Waals surface area contributed by atoms with Gasteiger partial charge in [-0.2, -0.15) is 0 Å². The Kier molecular flexibility index (Phi) is 3.73. The molecule has 0 saturated heterocycles. The average Bonchev–Trinajstić information content (AvgIpc) is 2.55. The van der Waals surface area contributed by atoms with Crippen LogP contribution >= 0.6 is 0 Å². The molecule has 3 rings (SSSR count). The van der Waals surface area contributed by atoms with Crippen LogP contribution in [0.4, 0.5) is 10.5 Å². The summed E-state index contributed by atoms with van der Waals surface area (Å²) in [7, 11) is 0. The van der Waals surface area contributed by atoms with Gasteiger partial charge < -0.3 is 10.2 Å². The Balaban J connectivity index is 1.74. The second-order valence-corrected chi connectivity index (χ2v) is 5.16. The number of carbonyl (C=O) groups is 1. The van der Waals surface area contributed by atoms with Gasteiger partial charge in [0.2, 0.25) is 0 Å². The quantitative estimate of drug-likeness (QED) is 0.887. The fraction of sp³-hybridized carbons (Fsp3) is 0.167. The van der Waals surface area contributed by atoms with Crippen molar-refractivity contribution in [1.29, 1.82) is 0 Å². The van der Waals surface area contributed by atoms with Crippen molar-refractivity contribution < 1.29 is 4.79 Å². The van der Waals surface area contributed by atoms with Crippen LogP contribution in [0.1, 0.15) is 16.7 Å². The number of nitrogens with zero attached hydrogens (tertiary/aromatic N) is 1. The van der Waals surface area contributed by atoms with Crippen LogP contribution < -0.4 is 5.32 Å². The maximum Gasteiger partial charge on any atom is 0.322 e. The Bertz CT molecular complexity index is 678. The van der Waals surface area contributed by atoms with Gasteiger partial charge in [0.15, 0.2) is 0 Å². The number of rotatable bonds is 2. The van der Waals surface area contributed by atoms with Gasteiger partial charge in [-0.3, -0.25) is 0 Å². The van der Waals surface area contributed by atoms with Gasteiger partial charge >= 0.3 is 6.03 Å². The average molecular weight is 278 g/mol. The minimum atomic E-state index is -0.0567. The standard InChI is InChI=1S/C18H18N2O/c1-2-14-7-5-6-10-17(14)19-18(21)20-12-11-15-8-3-4-9-16(15)13-20/h2-10H,1,11-13H2,(H,19,21). The van der Waals surface area contributed by atoms with Gasteiger partial charge in [0.25, 0.3) is 0 Å². The summed E-state index contributed by atoms with van der Waals surface area (Å²) < 4.78 is 0. The third-order valence-electron chi connectivity index (χ3n) is 3.84. The molecule has 0 radical (unpaired) electrons. The summed E-state index contributed by atoms with van der Waals surface area (Å²) in [5.74, 6) is 0. The third-order valence-corrected chi connectivity index (χ3v) is 3.84. The molecule has 0 aliphatic carbocycles. The van der Waals surface area contributed by atoms with Gasteiger partial charge in [-0.05, 0) is 29.2 Å². The van der Waals surface area contributed by atoms with Crippen molar-refractivity contribution in [2.24, 2.45) is 0 Å². The van der Waals surface area contributed by atoms with Crippen LogP contribution in [0.15, 0.2) is 55.1 Å². The van der Waals surface area contributed by atoms with Crippen molar-refractivity contribution in [3.8, 4) is 0 Å². The minimum Gasteiger partial charge on any atom is -0.320 e. The molecule has 1 aliphatic heterocycles. The molecule has 21 heavy (non-hydrogen) atoms. The third kappa shape index (κ3) is 2.82. The predicted molar refractivity (Wildman–Crippen MR) is 86.1 cm³/mol. The summed E-state index contributed by atoms with van der Waals surface area (Å²) in [5, 5.41) is 2.98. The van der Waals surface area contributed by atoms with Crippen molar-refractivity contribution >= 4 is 17.8 Å². The molecule has 1 heterocycles. The van der Waals surface area contributed by atoms with E-state index in [4.69, 9.17) is 0 Å². The fourth-order valence-corrected chi connectivity index (χ4v) is 2.65. The first-order chi connectivity index (χ1) is 10.3. The molecule has 3 heteroatoms. The monoisotopic (exact) mass is 278 g/mol. The zero-order valence-corrected chi connectivity index (χ0v) is 11.9. The van der Waals surface area contributed by atoms with Gasteiger partial charge in [0, 0.05) is 18.8 Å². The maximum atomic E-state index is 12.4. The van der Waals surface area contributed by atoms with E-state index in [1.165, 1.54) is 11.1 Å². The minimum absolute atomic E-state index is 0.0567. The summed E-state index contributed by atoms with van der Waals surface area (Å²) >= 11 is 0. The molecule has 0 unspecified atom stereocenters. The Morgan fingerprint density at radius 1 is 1.10 bits per heavy atom. The number of amides is 2. The lowest BCUT2D eigenvalue weighted by molar-refractivity contribution is 0.206. The molecule has 1 aliphatic rings. The number of hydrogen-bond acceptors (Lipinski definition) is 1. The van der Waals surface area contributed by atoms with Crippen LogP contribution in [0.2, 0.25) is 0 Å². The molecule has 2 amide bonds. The van der Waals surface area contributed by atoms with Crippen molar-refractivity contribution in [3.05, 3.63) is 71.8 Å². The molecule has 0 fully saturated rings. The maximum absolute atomic E-state index is 12.4. The van der Waals surface area contributed by atoms with Crippen molar-refractivity contribution in [3.63, 3.8) is 0 Å². The van der Waals surface area contributed by atoms with Crippen molar-refractivity contribution in [1.82, 2.24) is 4.90 Å². The molecule has 0 bridgehead atoms. The number of nitrogens with one attached hydrogen (secondary N) is 1. The second-order valence-electron chi connectivity index (χ2n) is 5.16. The number of anilines is 1. The number of urea groups is 1. The Hall–Kier alpha value is -2.55. The first-order valence-corrected chi connectivity index (χ1v) is 7.12. The van der Waals surface area contributed by atoms with E-state index in [0.717, 1.165) is 24.2 Å². The fourth-order valence-electron chi connectivity index (χ4n) is 2.65. The predicted octanol–water partition coefficient (Wildman–Crippen LogP) is 3.92. The molecule has 0 aromatic heterocycles. The van der Waals surface area contributed by atoms with Gasteiger partial charge in [0.1, 0.15) is 0 Å². The molecule has 0 saturated carbocycles. The molecule has 0 spiro atoms. The zero-order valence-electron chi connectivity index (χ0n) is 11.9. The molecule has 0 atom stereocenters. The van der Waals surface area contributed by atoms with E-state index in [0.29, 0.717) is 6.54 Å². The lowest BCUT2D eigenvalue weighted by Crippen LogP contribution is -2.38. The zero-order chi connectivity index (χ0) is 14.7. The van der Waals surface area contributed by atoms with Crippen LogP contribution in [0.3, 0.4) is 0 Å². The molecule has 2 aromatic rings. The number of benzene rings is 2. The number of hydrogen-bond donors (Lipinski definition) is 1. The molecule has 106 valence electrons. The van der Waals surface area contributed by atoms with E-state index in [1.807, 2.05) is 35.2 Å². The van der Waals surface area contributed by atoms with E-state index < -0.39 is 0 Å². The van der Waals surface area contributed by atoms with E-state index in [-0.39, 0.29) is 6.03 Å². The highest BCUT2D eigenvalue weighted by molar-refractivity contribution is 5.91. The normalized spacial score (nSPS) is 13.4. The summed E-state index contributed by atoms with van der Waals surface area (Å²) in [6.07, 6.45) is 2.66. The van der Waals surface area contributed by atoms with Gasteiger partial charge in [-0.25, -0.2) is 4.79 Å². The molecular formula is C18H18N2O. The number of fused-ring (bicyclic) bond motifs is 1. The van der Waals surface area contributed by atoms with E-state index in [2.05, 4.69) is 30.1 Å². The van der Waals surface area contributed by atoms with Gasteiger partial charge in [-0.1, -0.05) is 55.1 Å². The van der Waals surface area contributed by atoms with E-state index in [9.17, 15) is 4.79 Å².